The molecule has 2 saturated heterocycles. The van der Waals surface area contributed by atoms with Crippen molar-refractivity contribution in [2.24, 2.45) is 5.92 Å². The molecular formula is C23H35N5O2. The Kier molecular flexibility index (Phi) is 7.33. The maximum absolute atomic E-state index is 12.9. The molecule has 4 rings (SSSR count). The predicted octanol–water partition coefficient (Wildman–Crippen LogP) is 2.46. The first-order chi connectivity index (χ1) is 14.7. The molecule has 7 nitrogen and oxygen atoms in total. The van der Waals surface area contributed by atoms with Crippen molar-refractivity contribution in [1.82, 2.24) is 26.1 Å². The van der Waals surface area contributed by atoms with Gasteiger partial charge in [-0.25, -0.2) is 10.9 Å². The molecule has 30 heavy (non-hydrogen) atoms. The van der Waals surface area contributed by atoms with Crippen LogP contribution in [0, 0.1) is 5.92 Å². The summed E-state index contributed by atoms with van der Waals surface area (Å²) in [6.07, 6.45) is 14.4. The van der Waals surface area contributed by atoms with Gasteiger partial charge in [0.25, 0.3) is 0 Å². The molecule has 3 heterocycles. The minimum absolute atomic E-state index is 0.0392. The van der Waals surface area contributed by atoms with Crippen LogP contribution in [0.15, 0.2) is 24.5 Å². The molecule has 2 amide bonds. The normalized spacial score (nSPS) is 26.7. The van der Waals surface area contributed by atoms with Crippen molar-refractivity contribution < 1.29 is 9.59 Å². The van der Waals surface area contributed by atoms with Crippen molar-refractivity contribution >= 4 is 11.8 Å². The van der Waals surface area contributed by atoms with Crippen LogP contribution in [0.1, 0.15) is 75.8 Å². The number of aromatic nitrogens is 1. The van der Waals surface area contributed by atoms with E-state index in [1.54, 1.807) is 6.20 Å². The zero-order valence-corrected chi connectivity index (χ0v) is 17.8. The average Bonchev–Trinajstić information content (AvgIpc) is 3.26. The van der Waals surface area contributed by atoms with E-state index in [-0.39, 0.29) is 29.8 Å². The number of nitrogens with zero attached hydrogens (tertiary/aromatic N) is 2. The Morgan fingerprint density at radius 3 is 2.43 bits per heavy atom. The largest absolute Gasteiger partial charge is 0.353 e. The topological polar surface area (TPSA) is 86.4 Å². The molecule has 1 aromatic rings. The molecule has 0 bridgehead atoms. The molecule has 3 fully saturated rings. The van der Waals surface area contributed by atoms with Gasteiger partial charge in [0.05, 0.1) is 0 Å². The van der Waals surface area contributed by atoms with Crippen molar-refractivity contribution in [3.63, 3.8) is 0 Å². The first-order valence-corrected chi connectivity index (χ1v) is 11.7. The summed E-state index contributed by atoms with van der Waals surface area (Å²) in [6, 6.07) is 4.16. The lowest BCUT2D eigenvalue weighted by atomic mass is 9.92. The lowest BCUT2D eigenvalue weighted by molar-refractivity contribution is -0.137. The highest BCUT2D eigenvalue weighted by atomic mass is 16.2. The second kappa shape index (κ2) is 10.4. The van der Waals surface area contributed by atoms with Gasteiger partial charge in [0.2, 0.25) is 11.8 Å². The first kappa shape index (κ1) is 21.2. The van der Waals surface area contributed by atoms with Crippen molar-refractivity contribution in [2.45, 2.75) is 82.3 Å². The number of amides is 2. The minimum Gasteiger partial charge on any atom is -0.353 e. The van der Waals surface area contributed by atoms with Gasteiger partial charge in [0.1, 0.15) is 6.04 Å². The summed E-state index contributed by atoms with van der Waals surface area (Å²) >= 11 is 0. The summed E-state index contributed by atoms with van der Waals surface area (Å²) in [6.45, 7) is 1.33. The van der Waals surface area contributed by atoms with Gasteiger partial charge in [0.15, 0.2) is 0 Å². The molecule has 2 atom stereocenters. The van der Waals surface area contributed by atoms with E-state index < -0.39 is 0 Å². The van der Waals surface area contributed by atoms with Crippen molar-refractivity contribution in [3.05, 3.63) is 30.1 Å². The fourth-order valence-corrected chi connectivity index (χ4v) is 5.02. The van der Waals surface area contributed by atoms with E-state index in [0.29, 0.717) is 25.6 Å². The molecule has 7 heteroatoms. The highest BCUT2D eigenvalue weighted by Crippen LogP contribution is 2.25. The van der Waals surface area contributed by atoms with E-state index in [1.807, 2.05) is 23.2 Å². The van der Waals surface area contributed by atoms with Crippen molar-refractivity contribution in [3.8, 4) is 0 Å². The number of piperidine rings is 1. The second-order valence-corrected chi connectivity index (χ2v) is 9.07. The molecule has 3 N–H and O–H groups in total. The predicted molar refractivity (Wildman–Crippen MR) is 115 cm³/mol. The van der Waals surface area contributed by atoms with E-state index >= 15 is 0 Å². The van der Waals surface area contributed by atoms with Gasteiger partial charge < -0.3 is 10.2 Å². The Labute approximate surface area is 179 Å². The van der Waals surface area contributed by atoms with Crippen molar-refractivity contribution in [2.75, 3.05) is 13.1 Å². The maximum Gasteiger partial charge on any atom is 0.241 e. The summed E-state index contributed by atoms with van der Waals surface area (Å²) in [5.74, 6) is 0.370. The van der Waals surface area contributed by atoms with E-state index in [1.165, 1.54) is 32.1 Å². The van der Waals surface area contributed by atoms with Crippen LogP contribution in [-0.2, 0) is 9.59 Å². The number of hydrogen-bond donors (Lipinski definition) is 3. The summed E-state index contributed by atoms with van der Waals surface area (Å²) in [5.41, 5.74) is 7.46. The lowest BCUT2D eigenvalue weighted by Gasteiger charge is -2.33. The number of nitrogens with one attached hydrogen (secondary N) is 3. The molecule has 1 aliphatic carbocycles. The Morgan fingerprint density at radius 2 is 1.73 bits per heavy atom. The van der Waals surface area contributed by atoms with Crippen LogP contribution in [0.3, 0.4) is 0 Å². The minimum atomic E-state index is -0.226. The number of hydrogen-bond acceptors (Lipinski definition) is 5. The average molecular weight is 414 g/mol. The smallest absolute Gasteiger partial charge is 0.241 e. The molecule has 164 valence electrons. The summed E-state index contributed by atoms with van der Waals surface area (Å²) < 4.78 is 0. The molecule has 0 aromatic carbocycles. The zero-order chi connectivity index (χ0) is 20.8. The van der Waals surface area contributed by atoms with Gasteiger partial charge in [-0.15, -0.1) is 0 Å². The summed E-state index contributed by atoms with van der Waals surface area (Å²) in [5, 5.41) is 3.31. The third kappa shape index (κ3) is 5.38. The molecule has 0 spiro atoms. The van der Waals surface area contributed by atoms with Gasteiger partial charge >= 0.3 is 0 Å². The summed E-state index contributed by atoms with van der Waals surface area (Å²) in [7, 11) is 0. The molecule has 3 aliphatic rings. The Morgan fingerprint density at radius 1 is 1.00 bits per heavy atom. The second-order valence-electron chi connectivity index (χ2n) is 9.07. The molecule has 2 unspecified atom stereocenters. The molecule has 2 aliphatic heterocycles. The first-order valence-electron chi connectivity index (χ1n) is 11.7. The molecule has 1 aromatic heterocycles. The van der Waals surface area contributed by atoms with Crippen LogP contribution in [-0.4, -0.2) is 46.9 Å². The van der Waals surface area contributed by atoms with Crippen LogP contribution in [0.4, 0.5) is 0 Å². The van der Waals surface area contributed by atoms with E-state index in [0.717, 1.165) is 31.2 Å². The zero-order valence-electron chi connectivity index (χ0n) is 17.8. The van der Waals surface area contributed by atoms with Crippen LogP contribution in [0.25, 0.3) is 0 Å². The number of pyridine rings is 1. The fourth-order valence-electron chi connectivity index (χ4n) is 5.02. The number of rotatable bonds is 4. The molecular weight excluding hydrogens is 378 g/mol. The van der Waals surface area contributed by atoms with E-state index in [2.05, 4.69) is 21.2 Å². The number of carbonyl (C=O) groups excluding carboxylic acids is 2. The fraction of sp³-hybridized carbons (Fsp3) is 0.696. The summed E-state index contributed by atoms with van der Waals surface area (Å²) in [4.78, 5) is 31.8. The van der Waals surface area contributed by atoms with E-state index in [4.69, 9.17) is 0 Å². The maximum atomic E-state index is 12.9. The van der Waals surface area contributed by atoms with E-state index in [9.17, 15) is 9.59 Å². The van der Waals surface area contributed by atoms with Gasteiger partial charge in [-0.1, -0.05) is 38.2 Å². The quantitative estimate of drug-likeness (QED) is 0.706. The number of carbonyl (C=O) groups is 2. The lowest BCUT2D eigenvalue weighted by Crippen LogP contribution is -2.50. The highest BCUT2D eigenvalue weighted by Gasteiger charge is 2.35. The van der Waals surface area contributed by atoms with Gasteiger partial charge in [0, 0.05) is 43.5 Å². The van der Waals surface area contributed by atoms with Gasteiger partial charge in [-0.3, -0.25) is 14.6 Å². The van der Waals surface area contributed by atoms with Crippen LogP contribution in [0.2, 0.25) is 0 Å². The van der Waals surface area contributed by atoms with Gasteiger partial charge in [-0.05, 0) is 43.7 Å². The van der Waals surface area contributed by atoms with Crippen LogP contribution in [0.5, 0.6) is 0 Å². The molecule has 1 saturated carbocycles. The standard InChI is InChI=1S/C23H35N5O2/c29-22(25-19-8-4-2-1-3-5-9-19)17-10-13-28(14-11-17)23(30)21-15-20(26-27-21)18-7-6-12-24-16-18/h6-7,12,16-17,19-21,26-27H,1-5,8-11,13-15H2,(H,25,29). The number of likely N-dealkylation sites (tertiary alicyclic amines) is 1. The SMILES string of the molecule is O=C(NC1CCCCCCC1)C1CCN(C(=O)C2CC(c3cccnc3)NN2)CC1. The Bertz CT molecular complexity index is 697. The Balaban J connectivity index is 1.22. The highest BCUT2D eigenvalue weighted by molar-refractivity contribution is 5.83. The third-order valence-corrected chi connectivity index (χ3v) is 6.92. The third-order valence-electron chi connectivity index (χ3n) is 6.92. The van der Waals surface area contributed by atoms with Gasteiger partial charge in [-0.2, -0.15) is 0 Å². The van der Waals surface area contributed by atoms with Crippen LogP contribution < -0.4 is 16.2 Å². The molecule has 0 radical (unpaired) electrons. The van der Waals surface area contributed by atoms with Crippen LogP contribution >= 0.6 is 0 Å². The monoisotopic (exact) mass is 413 g/mol. The Hall–Kier alpha value is -1.99. The van der Waals surface area contributed by atoms with Crippen molar-refractivity contribution in [1.29, 1.82) is 0 Å². The number of hydrazine groups is 1.